The molecule has 1 aromatic carbocycles. The van der Waals surface area contributed by atoms with E-state index in [1.54, 1.807) is 6.20 Å². The Kier molecular flexibility index (Phi) is 4.08. The van der Waals surface area contributed by atoms with Gasteiger partial charge in [-0.15, -0.1) is 0 Å². The zero-order chi connectivity index (χ0) is 13.9. The number of benzene rings is 1. The lowest BCUT2D eigenvalue weighted by Crippen LogP contribution is -2.33. The minimum atomic E-state index is 0.706. The van der Waals surface area contributed by atoms with Crippen LogP contribution in [0.4, 0.5) is 0 Å². The van der Waals surface area contributed by atoms with E-state index in [9.17, 15) is 0 Å². The normalized spacial score (nSPS) is 17.5. The van der Waals surface area contributed by atoms with Crippen molar-refractivity contribution >= 4 is 11.6 Å². The second kappa shape index (κ2) is 5.98. The summed E-state index contributed by atoms with van der Waals surface area (Å²) in [5, 5.41) is 0.708. The van der Waals surface area contributed by atoms with Gasteiger partial charge in [-0.05, 0) is 37.4 Å². The molecule has 1 fully saturated rings. The summed E-state index contributed by atoms with van der Waals surface area (Å²) in [6.45, 7) is 3.15. The van der Waals surface area contributed by atoms with Crippen molar-refractivity contribution in [2.24, 2.45) is 7.05 Å². The van der Waals surface area contributed by atoms with Gasteiger partial charge >= 0.3 is 0 Å². The van der Waals surface area contributed by atoms with Crippen molar-refractivity contribution in [2.45, 2.75) is 25.3 Å². The summed E-state index contributed by atoms with van der Waals surface area (Å²) < 4.78 is 1.96. The highest BCUT2D eigenvalue weighted by molar-refractivity contribution is 6.29. The molecule has 0 amide bonds. The monoisotopic (exact) mass is 289 g/mol. The van der Waals surface area contributed by atoms with Gasteiger partial charge in [-0.3, -0.25) is 4.90 Å². The Bertz CT molecular complexity index is 556. The number of aromatic nitrogens is 2. The molecule has 0 radical (unpaired) electrons. The third-order valence-corrected chi connectivity index (χ3v) is 4.60. The highest BCUT2D eigenvalue weighted by Gasteiger charge is 2.21. The zero-order valence-corrected chi connectivity index (χ0v) is 12.6. The van der Waals surface area contributed by atoms with Gasteiger partial charge in [-0.25, -0.2) is 4.98 Å². The molecule has 0 atom stereocenters. The van der Waals surface area contributed by atoms with E-state index in [2.05, 4.69) is 40.2 Å². The van der Waals surface area contributed by atoms with E-state index in [-0.39, 0.29) is 0 Å². The van der Waals surface area contributed by atoms with Crippen LogP contribution in [0.1, 0.15) is 30.1 Å². The van der Waals surface area contributed by atoms with E-state index in [4.69, 9.17) is 11.6 Å². The first kappa shape index (κ1) is 13.7. The Hall–Kier alpha value is -1.32. The van der Waals surface area contributed by atoms with Crippen LogP contribution < -0.4 is 0 Å². The molecule has 1 aliphatic heterocycles. The van der Waals surface area contributed by atoms with Gasteiger partial charge in [0.05, 0.1) is 12.7 Å². The van der Waals surface area contributed by atoms with E-state index in [1.807, 2.05) is 11.6 Å². The molecule has 1 saturated heterocycles. The maximum atomic E-state index is 6.03. The Morgan fingerprint density at radius 2 is 1.90 bits per heavy atom. The zero-order valence-electron chi connectivity index (χ0n) is 11.8. The van der Waals surface area contributed by atoms with Crippen LogP contribution in [0.2, 0.25) is 5.15 Å². The number of rotatable bonds is 3. The van der Waals surface area contributed by atoms with Gasteiger partial charge in [-0.2, -0.15) is 0 Å². The van der Waals surface area contributed by atoms with Crippen LogP contribution in [0.5, 0.6) is 0 Å². The van der Waals surface area contributed by atoms with Gasteiger partial charge in [0.1, 0.15) is 11.0 Å². The van der Waals surface area contributed by atoms with Crippen molar-refractivity contribution in [3.05, 3.63) is 53.1 Å². The molecule has 0 spiro atoms. The van der Waals surface area contributed by atoms with Crippen molar-refractivity contribution in [3.63, 3.8) is 0 Å². The number of nitrogens with zero attached hydrogens (tertiary/aromatic N) is 3. The fourth-order valence-electron chi connectivity index (χ4n) is 2.92. The lowest BCUT2D eigenvalue weighted by atomic mass is 9.89. The van der Waals surface area contributed by atoms with Crippen LogP contribution in [-0.2, 0) is 13.6 Å². The number of hydrogen-bond acceptors (Lipinski definition) is 2. The molecule has 4 heteroatoms. The molecule has 20 heavy (non-hydrogen) atoms. The van der Waals surface area contributed by atoms with Crippen LogP contribution >= 0.6 is 11.6 Å². The second-order valence-corrected chi connectivity index (χ2v) is 5.90. The molecule has 1 aliphatic rings. The maximum Gasteiger partial charge on any atom is 0.128 e. The fraction of sp³-hybridized carbons (Fsp3) is 0.438. The Balaban J connectivity index is 1.58. The predicted octanol–water partition coefficient (Wildman–Crippen LogP) is 3.45. The third kappa shape index (κ3) is 2.89. The molecule has 2 heterocycles. The largest absolute Gasteiger partial charge is 0.321 e. The van der Waals surface area contributed by atoms with Crippen molar-refractivity contribution in [2.75, 3.05) is 13.1 Å². The minimum Gasteiger partial charge on any atom is -0.321 e. The Labute approximate surface area is 125 Å². The minimum absolute atomic E-state index is 0.706. The maximum absolute atomic E-state index is 6.03. The average molecular weight is 290 g/mol. The van der Waals surface area contributed by atoms with E-state index in [0.717, 1.165) is 25.5 Å². The lowest BCUT2D eigenvalue weighted by molar-refractivity contribution is 0.198. The van der Waals surface area contributed by atoms with Crippen LogP contribution in [0.25, 0.3) is 0 Å². The van der Waals surface area contributed by atoms with E-state index in [1.165, 1.54) is 18.4 Å². The first-order chi connectivity index (χ1) is 9.74. The van der Waals surface area contributed by atoms with E-state index < -0.39 is 0 Å². The molecule has 0 saturated carbocycles. The molecular weight excluding hydrogens is 270 g/mol. The predicted molar refractivity (Wildman–Crippen MR) is 81.9 cm³/mol. The van der Waals surface area contributed by atoms with Crippen LogP contribution in [0, 0.1) is 0 Å². The number of likely N-dealkylation sites (tertiary alicyclic amines) is 1. The molecule has 1 aromatic heterocycles. The van der Waals surface area contributed by atoms with Crippen LogP contribution in [0.15, 0.2) is 36.5 Å². The summed E-state index contributed by atoms with van der Waals surface area (Å²) in [6, 6.07) is 10.9. The standard InChI is InChI=1S/C16H20ClN3/c1-19-15(17)11-18-16(19)12-20-9-7-14(8-10-20)13-5-3-2-4-6-13/h2-6,11,14H,7-10,12H2,1H3. The summed E-state index contributed by atoms with van der Waals surface area (Å²) in [6.07, 6.45) is 4.18. The highest BCUT2D eigenvalue weighted by Crippen LogP contribution is 2.28. The first-order valence-corrected chi connectivity index (χ1v) is 7.55. The molecule has 2 aromatic rings. The molecule has 0 unspecified atom stereocenters. The fourth-order valence-corrected chi connectivity index (χ4v) is 3.07. The van der Waals surface area contributed by atoms with Crippen molar-refractivity contribution in [1.29, 1.82) is 0 Å². The third-order valence-electron chi connectivity index (χ3n) is 4.25. The second-order valence-electron chi connectivity index (χ2n) is 5.52. The Morgan fingerprint density at radius 1 is 1.20 bits per heavy atom. The highest BCUT2D eigenvalue weighted by atomic mass is 35.5. The van der Waals surface area contributed by atoms with Gasteiger partial charge in [0, 0.05) is 7.05 Å². The van der Waals surface area contributed by atoms with Crippen LogP contribution in [0.3, 0.4) is 0 Å². The summed E-state index contributed by atoms with van der Waals surface area (Å²) in [4.78, 5) is 6.85. The smallest absolute Gasteiger partial charge is 0.128 e. The van der Waals surface area contributed by atoms with Gasteiger partial charge in [0.15, 0.2) is 0 Å². The van der Waals surface area contributed by atoms with Gasteiger partial charge in [0.25, 0.3) is 0 Å². The van der Waals surface area contributed by atoms with Crippen molar-refractivity contribution in [1.82, 2.24) is 14.5 Å². The van der Waals surface area contributed by atoms with Crippen molar-refractivity contribution < 1.29 is 0 Å². The molecule has 0 N–H and O–H groups in total. The average Bonchev–Trinajstić information content (AvgIpc) is 2.81. The van der Waals surface area contributed by atoms with Gasteiger partial charge in [-0.1, -0.05) is 41.9 Å². The van der Waals surface area contributed by atoms with Gasteiger partial charge in [0.2, 0.25) is 0 Å². The topological polar surface area (TPSA) is 21.1 Å². The summed E-state index contributed by atoms with van der Waals surface area (Å²) in [7, 11) is 1.97. The molecule has 106 valence electrons. The number of hydrogen-bond donors (Lipinski definition) is 0. The summed E-state index contributed by atoms with van der Waals surface area (Å²) in [5.74, 6) is 1.76. The quantitative estimate of drug-likeness (QED) is 0.863. The summed E-state index contributed by atoms with van der Waals surface area (Å²) in [5.41, 5.74) is 1.48. The molecule has 0 bridgehead atoms. The van der Waals surface area contributed by atoms with Crippen molar-refractivity contribution in [3.8, 4) is 0 Å². The number of imidazole rings is 1. The van der Waals surface area contributed by atoms with Crippen LogP contribution in [-0.4, -0.2) is 27.5 Å². The van der Waals surface area contributed by atoms with E-state index in [0.29, 0.717) is 11.1 Å². The first-order valence-electron chi connectivity index (χ1n) is 7.17. The number of halogens is 1. The SMILES string of the molecule is Cn1c(Cl)cnc1CN1CCC(c2ccccc2)CC1. The molecule has 3 rings (SSSR count). The van der Waals surface area contributed by atoms with Gasteiger partial charge < -0.3 is 4.57 Å². The number of piperidine rings is 1. The van der Waals surface area contributed by atoms with E-state index >= 15 is 0 Å². The Morgan fingerprint density at radius 3 is 2.50 bits per heavy atom. The lowest BCUT2D eigenvalue weighted by Gasteiger charge is -2.31. The summed E-state index contributed by atoms with van der Waals surface area (Å²) >= 11 is 6.03. The molecule has 0 aliphatic carbocycles. The molecular formula is C16H20ClN3. The molecule has 3 nitrogen and oxygen atoms in total.